The van der Waals surface area contributed by atoms with Crippen molar-refractivity contribution < 1.29 is 5.11 Å². The first-order valence-electron chi connectivity index (χ1n) is 7.90. The Balaban J connectivity index is 1.88. The Bertz CT molecular complexity index is 306. The molecule has 0 bridgehead atoms. The molecule has 0 aromatic rings. The van der Waals surface area contributed by atoms with E-state index in [4.69, 9.17) is 4.99 Å². The first kappa shape index (κ1) is 14.6. The minimum absolute atomic E-state index is 0.182. The summed E-state index contributed by atoms with van der Waals surface area (Å²) in [4.78, 5) is 7.00. The second-order valence-electron chi connectivity index (χ2n) is 6.22. The van der Waals surface area contributed by atoms with Crippen LogP contribution < -0.4 is 5.32 Å². The highest BCUT2D eigenvalue weighted by molar-refractivity contribution is 5.80. The van der Waals surface area contributed by atoms with Crippen molar-refractivity contribution in [1.82, 2.24) is 10.2 Å². The summed E-state index contributed by atoms with van der Waals surface area (Å²) in [5.74, 6) is 2.62. The van der Waals surface area contributed by atoms with Crippen LogP contribution in [0, 0.1) is 11.8 Å². The predicted octanol–water partition coefficient (Wildman–Crippen LogP) is 1.84. The number of hydrogen-bond acceptors (Lipinski definition) is 2. The zero-order valence-corrected chi connectivity index (χ0v) is 12.4. The number of rotatable bonds is 3. The fourth-order valence-electron chi connectivity index (χ4n) is 3.30. The molecule has 1 aliphatic heterocycles. The lowest BCUT2D eigenvalue weighted by atomic mass is 9.82. The molecule has 110 valence electrons. The zero-order chi connectivity index (χ0) is 13.7. The third-order valence-electron chi connectivity index (χ3n) is 4.34. The fourth-order valence-corrected chi connectivity index (χ4v) is 3.30. The van der Waals surface area contributed by atoms with Crippen LogP contribution in [0.5, 0.6) is 0 Å². The number of aliphatic hydroxyl groups excluding tert-OH is 1. The summed E-state index contributed by atoms with van der Waals surface area (Å²) in [6, 6.07) is 0. The van der Waals surface area contributed by atoms with Gasteiger partial charge >= 0.3 is 0 Å². The van der Waals surface area contributed by atoms with E-state index in [0.717, 1.165) is 50.4 Å². The van der Waals surface area contributed by atoms with Crippen molar-refractivity contribution in [2.75, 3.05) is 26.2 Å². The van der Waals surface area contributed by atoms with Gasteiger partial charge in [-0.3, -0.25) is 4.99 Å². The molecule has 0 aromatic heterocycles. The van der Waals surface area contributed by atoms with Crippen molar-refractivity contribution in [3.8, 4) is 0 Å². The molecule has 2 fully saturated rings. The molecule has 2 N–H and O–H groups in total. The average molecular weight is 267 g/mol. The number of aliphatic imine (C=N–C) groups is 1. The summed E-state index contributed by atoms with van der Waals surface area (Å²) in [5, 5.41) is 13.0. The Morgan fingerprint density at radius 2 is 2.21 bits per heavy atom. The van der Waals surface area contributed by atoms with E-state index in [1.54, 1.807) is 0 Å². The maximum atomic E-state index is 9.64. The molecule has 0 radical (unpaired) electrons. The van der Waals surface area contributed by atoms with E-state index in [0.29, 0.717) is 0 Å². The maximum absolute atomic E-state index is 9.64. The second kappa shape index (κ2) is 7.13. The molecule has 4 nitrogen and oxygen atoms in total. The summed E-state index contributed by atoms with van der Waals surface area (Å²) >= 11 is 0. The van der Waals surface area contributed by atoms with Gasteiger partial charge in [-0.2, -0.15) is 0 Å². The van der Waals surface area contributed by atoms with Gasteiger partial charge in [-0.05, 0) is 38.0 Å². The van der Waals surface area contributed by atoms with E-state index >= 15 is 0 Å². The standard InChI is InChI=1S/C15H29N3O/c1-3-16-15(18-8-7-14(19)11-18)17-10-13-6-4-5-12(2)9-13/h12-14,19H,3-11H2,1-2H3,(H,16,17)/t12?,13?,14-/m1/s1. The number of hydrogen-bond donors (Lipinski definition) is 2. The van der Waals surface area contributed by atoms with Gasteiger partial charge in [0, 0.05) is 26.2 Å². The quantitative estimate of drug-likeness (QED) is 0.606. The summed E-state index contributed by atoms with van der Waals surface area (Å²) < 4.78 is 0. The summed E-state index contributed by atoms with van der Waals surface area (Å²) in [6.45, 7) is 7.95. The van der Waals surface area contributed by atoms with Gasteiger partial charge in [0.1, 0.15) is 0 Å². The molecule has 1 saturated carbocycles. The number of nitrogens with one attached hydrogen (secondary N) is 1. The number of guanidine groups is 1. The third-order valence-corrected chi connectivity index (χ3v) is 4.34. The van der Waals surface area contributed by atoms with E-state index in [1.165, 1.54) is 25.7 Å². The Kier molecular flexibility index (Phi) is 5.49. The Morgan fingerprint density at radius 3 is 2.84 bits per heavy atom. The molecule has 0 amide bonds. The third kappa shape index (κ3) is 4.37. The van der Waals surface area contributed by atoms with Gasteiger partial charge in [0.25, 0.3) is 0 Å². The Hall–Kier alpha value is -0.770. The summed E-state index contributed by atoms with van der Waals surface area (Å²) in [6.07, 6.45) is 6.09. The lowest BCUT2D eigenvalue weighted by Crippen LogP contribution is -2.40. The van der Waals surface area contributed by atoms with Crippen molar-refractivity contribution in [2.24, 2.45) is 16.8 Å². The van der Waals surface area contributed by atoms with E-state index < -0.39 is 0 Å². The van der Waals surface area contributed by atoms with Crippen LogP contribution in [0.4, 0.5) is 0 Å². The van der Waals surface area contributed by atoms with Gasteiger partial charge in [-0.25, -0.2) is 0 Å². The fraction of sp³-hybridized carbons (Fsp3) is 0.933. The number of β-amino-alcohol motifs (C(OH)–C–C–N with tert-alkyl or cyclic N) is 1. The molecule has 2 aliphatic rings. The summed E-state index contributed by atoms with van der Waals surface area (Å²) in [5.41, 5.74) is 0. The monoisotopic (exact) mass is 267 g/mol. The van der Waals surface area contributed by atoms with Gasteiger partial charge in [0.05, 0.1) is 6.10 Å². The van der Waals surface area contributed by atoms with Crippen LogP contribution in [0.3, 0.4) is 0 Å². The predicted molar refractivity (Wildman–Crippen MR) is 79.3 cm³/mol. The lowest BCUT2D eigenvalue weighted by molar-refractivity contribution is 0.187. The summed E-state index contributed by atoms with van der Waals surface area (Å²) in [7, 11) is 0. The molecule has 2 unspecified atom stereocenters. The number of likely N-dealkylation sites (tertiary alicyclic amines) is 1. The second-order valence-corrected chi connectivity index (χ2v) is 6.22. The number of nitrogens with zero attached hydrogens (tertiary/aromatic N) is 2. The molecule has 4 heteroatoms. The molecule has 0 aromatic carbocycles. The van der Waals surface area contributed by atoms with Gasteiger partial charge in [-0.1, -0.05) is 19.8 Å². The van der Waals surface area contributed by atoms with E-state index in [1.807, 2.05) is 0 Å². The van der Waals surface area contributed by atoms with Crippen molar-refractivity contribution >= 4 is 5.96 Å². The van der Waals surface area contributed by atoms with Crippen LogP contribution in [-0.2, 0) is 0 Å². The van der Waals surface area contributed by atoms with E-state index in [-0.39, 0.29) is 6.10 Å². The van der Waals surface area contributed by atoms with Crippen LogP contribution >= 0.6 is 0 Å². The maximum Gasteiger partial charge on any atom is 0.194 e. The van der Waals surface area contributed by atoms with Crippen LogP contribution in [0.25, 0.3) is 0 Å². The molecule has 0 spiro atoms. The Labute approximate surface area is 117 Å². The molecule has 1 saturated heterocycles. The minimum Gasteiger partial charge on any atom is -0.391 e. The van der Waals surface area contributed by atoms with Crippen LogP contribution in [0.2, 0.25) is 0 Å². The number of aliphatic hydroxyl groups is 1. The van der Waals surface area contributed by atoms with Crippen LogP contribution in [-0.4, -0.2) is 48.2 Å². The normalized spacial score (nSPS) is 32.7. The first-order valence-corrected chi connectivity index (χ1v) is 7.90. The van der Waals surface area contributed by atoms with Crippen molar-refractivity contribution in [1.29, 1.82) is 0 Å². The van der Waals surface area contributed by atoms with Gasteiger partial charge < -0.3 is 15.3 Å². The van der Waals surface area contributed by atoms with Crippen LogP contribution in [0.15, 0.2) is 4.99 Å². The van der Waals surface area contributed by atoms with Gasteiger partial charge in [-0.15, -0.1) is 0 Å². The largest absolute Gasteiger partial charge is 0.391 e. The van der Waals surface area contributed by atoms with E-state index in [9.17, 15) is 5.11 Å². The topological polar surface area (TPSA) is 47.9 Å². The molecule has 1 heterocycles. The van der Waals surface area contributed by atoms with E-state index in [2.05, 4.69) is 24.1 Å². The lowest BCUT2D eigenvalue weighted by Gasteiger charge is -2.26. The smallest absolute Gasteiger partial charge is 0.194 e. The highest BCUT2D eigenvalue weighted by atomic mass is 16.3. The highest BCUT2D eigenvalue weighted by Crippen LogP contribution is 2.28. The first-order chi connectivity index (χ1) is 9.19. The molecule has 3 atom stereocenters. The molecule has 2 rings (SSSR count). The Morgan fingerprint density at radius 1 is 1.37 bits per heavy atom. The van der Waals surface area contributed by atoms with Crippen molar-refractivity contribution in [3.63, 3.8) is 0 Å². The minimum atomic E-state index is -0.182. The van der Waals surface area contributed by atoms with Crippen molar-refractivity contribution in [2.45, 2.75) is 52.1 Å². The van der Waals surface area contributed by atoms with Gasteiger partial charge in [0.15, 0.2) is 5.96 Å². The average Bonchev–Trinajstić information content (AvgIpc) is 2.81. The molecular formula is C15H29N3O. The van der Waals surface area contributed by atoms with Crippen molar-refractivity contribution in [3.05, 3.63) is 0 Å². The van der Waals surface area contributed by atoms with Gasteiger partial charge in [0.2, 0.25) is 0 Å². The highest BCUT2D eigenvalue weighted by Gasteiger charge is 2.24. The SMILES string of the molecule is CCNC(=NCC1CCCC(C)C1)N1CC[C@@H](O)C1. The molecule has 1 aliphatic carbocycles. The zero-order valence-electron chi connectivity index (χ0n) is 12.4. The molecular weight excluding hydrogens is 238 g/mol. The van der Waals surface area contributed by atoms with Crippen LogP contribution in [0.1, 0.15) is 46.0 Å². The molecule has 19 heavy (non-hydrogen) atoms.